The number of anilines is 1. The molecule has 2 aliphatic rings. The number of rotatable bonds is 2. The Kier molecular flexibility index (Phi) is 3.10. The van der Waals surface area contributed by atoms with Crippen LogP contribution >= 0.6 is 0 Å². The van der Waals surface area contributed by atoms with Gasteiger partial charge in [0.25, 0.3) is 0 Å². The molecule has 0 atom stereocenters. The molecule has 4 rings (SSSR count). The average Bonchev–Trinajstić information content (AvgIpc) is 2.90. The number of nitrogens with one attached hydrogen (secondary N) is 1. The third kappa shape index (κ3) is 2.15. The van der Waals surface area contributed by atoms with Crippen LogP contribution in [0.4, 0.5) is 14.5 Å². The first kappa shape index (κ1) is 15.0. The lowest BCUT2D eigenvalue weighted by molar-refractivity contribution is 0.283. The van der Waals surface area contributed by atoms with Crippen molar-refractivity contribution >= 4 is 11.4 Å². The van der Waals surface area contributed by atoms with Gasteiger partial charge < -0.3 is 14.8 Å². The molecule has 2 aromatic carbocycles. The molecule has 0 bridgehead atoms. The summed E-state index contributed by atoms with van der Waals surface area (Å²) in [7, 11) is 1.38. The highest BCUT2D eigenvalue weighted by molar-refractivity contribution is 5.88. The van der Waals surface area contributed by atoms with E-state index in [1.165, 1.54) is 13.2 Å². The number of halogens is 2. The van der Waals surface area contributed by atoms with Crippen molar-refractivity contribution in [2.45, 2.75) is 26.0 Å². The lowest BCUT2D eigenvalue weighted by atomic mass is 9.89. The molecule has 0 amide bonds. The van der Waals surface area contributed by atoms with E-state index >= 15 is 0 Å². The molecule has 0 fully saturated rings. The summed E-state index contributed by atoms with van der Waals surface area (Å²) in [6.45, 7) is 4.48. The SMILES string of the molecule is COc1c(F)cc(F)cc1-c1ccc2c3c1COC3=CC(C)(C)N2. The summed E-state index contributed by atoms with van der Waals surface area (Å²) in [4.78, 5) is 0. The Balaban J connectivity index is 1.96. The highest BCUT2D eigenvalue weighted by Gasteiger charge is 2.33. The summed E-state index contributed by atoms with van der Waals surface area (Å²) in [6.07, 6.45) is 2.03. The van der Waals surface area contributed by atoms with E-state index in [4.69, 9.17) is 9.47 Å². The highest BCUT2D eigenvalue weighted by atomic mass is 19.1. The Morgan fingerprint density at radius 1 is 1.17 bits per heavy atom. The van der Waals surface area contributed by atoms with Crippen LogP contribution in [0.5, 0.6) is 5.75 Å². The molecule has 0 saturated carbocycles. The predicted molar refractivity (Wildman–Crippen MR) is 88.8 cm³/mol. The first-order chi connectivity index (χ1) is 11.4. The van der Waals surface area contributed by atoms with Gasteiger partial charge in [-0.2, -0.15) is 0 Å². The maximum Gasteiger partial charge on any atom is 0.168 e. The Morgan fingerprint density at radius 2 is 1.96 bits per heavy atom. The van der Waals surface area contributed by atoms with Crippen molar-refractivity contribution in [3.8, 4) is 16.9 Å². The highest BCUT2D eigenvalue weighted by Crippen LogP contribution is 2.47. The van der Waals surface area contributed by atoms with Gasteiger partial charge in [0, 0.05) is 28.4 Å². The molecule has 24 heavy (non-hydrogen) atoms. The van der Waals surface area contributed by atoms with Crippen LogP contribution in [0.15, 0.2) is 30.3 Å². The fourth-order valence-electron chi connectivity index (χ4n) is 3.45. The van der Waals surface area contributed by atoms with Crippen LogP contribution in [0.1, 0.15) is 25.0 Å². The Bertz CT molecular complexity index is 887. The summed E-state index contributed by atoms with van der Waals surface area (Å²) in [5, 5.41) is 3.44. The van der Waals surface area contributed by atoms with Gasteiger partial charge in [-0.25, -0.2) is 8.78 Å². The van der Waals surface area contributed by atoms with E-state index in [0.717, 1.165) is 28.6 Å². The smallest absolute Gasteiger partial charge is 0.168 e. The fraction of sp³-hybridized carbons (Fsp3) is 0.263. The minimum atomic E-state index is -0.716. The van der Waals surface area contributed by atoms with Crippen molar-refractivity contribution in [2.75, 3.05) is 12.4 Å². The van der Waals surface area contributed by atoms with Crippen molar-refractivity contribution in [2.24, 2.45) is 0 Å². The molecule has 3 nitrogen and oxygen atoms in total. The Hall–Kier alpha value is -2.56. The van der Waals surface area contributed by atoms with E-state index < -0.39 is 11.6 Å². The summed E-state index contributed by atoms with van der Waals surface area (Å²) < 4.78 is 38.8. The molecular weight excluding hydrogens is 312 g/mol. The minimum absolute atomic E-state index is 0.0362. The molecule has 5 heteroatoms. The maximum absolute atomic E-state index is 14.1. The summed E-state index contributed by atoms with van der Waals surface area (Å²) in [5.41, 5.74) is 3.72. The second-order valence-electron chi connectivity index (χ2n) is 6.63. The molecule has 0 radical (unpaired) electrons. The van der Waals surface area contributed by atoms with Gasteiger partial charge in [-0.05, 0) is 37.6 Å². The number of methoxy groups -OCH3 is 1. The predicted octanol–water partition coefficient (Wildman–Crippen LogP) is 4.72. The molecule has 2 heterocycles. The molecule has 0 unspecified atom stereocenters. The summed E-state index contributed by atoms with van der Waals surface area (Å²) >= 11 is 0. The second kappa shape index (κ2) is 4.97. The van der Waals surface area contributed by atoms with Gasteiger partial charge in [0.05, 0.1) is 12.6 Å². The molecular formula is C19H17F2NO2. The monoisotopic (exact) mass is 329 g/mol. The number of hydrogen-bond donors (Lipinski definition) is 1. The molecule has 2 aromatic rings. The van der Waals surface area contributed by atoms with Crippen LogP contribution in [-0.4, -0.2) is 12.6 Å². The van der Waals surface area contributed by atoms with E-state index in [1.807, 2.05) is 18.2 Å². The van der Waals surface area contributed by atoms with Crippen LogP contribution in [-0.2, 0) is 11.3 Å². The number of benzene rings is 2. The standard InChI is InChI=1S/C19H17F2NO2/c1-19(2)8-16-17-13(9-24-16)11(4-5-15(17)22-19)12-6-10(20)7-14(21)18(12)23-3/h4-8,22H,9H2,1-3H3. The van der Waals surface area contributed by atoms with Crippen molar-refractivity contribution in [1.29, 1.82) is 0 Å². The first-order valence-corrected chi connectivity index (χ1v) is 7.73. The van der Waals surface area contributed by atoms with Gasteiger partial charge in [-0.3, -0.25) is 0 Å². The van der Waals surface area contributed by atoms with Crippen LogP contribution in [0, 0.1) is 11.6 Å². The van der Waals surface area contributed by atoms with Gasteiger partial charge in [0.1, 0.15) is 18.2 Å². The van der Waals surface area contributed by atoms with Gasteiger partial charge >= 0.3 is 0 Å². The number of hydrogen-bond acceptors (Lipinski definition) is 3. The quantitative estimate of drug-likeness (QED) is 0.865. The lowest BCUT2D eigenvalue weighted by Crippen LogP contribution is -2.31. The van der Waals surface area contributed by atoms with Crippen molar-refractivity contribution in [3.63, 3.8) is 0 Å². The van der Waals surface area contributed by atoms with E-state index in [9.17, 15) is 8.78 Å². The Morgan fingerprint density at radius 3 is 2.71 bits per heavy atom. The van der Waals surface area contributed by atoms with Crippen LogP contribution in [0.25, 0.3) is 16.9 Å². The summed E-state index contributed by atoms with van der Waals surface area (Å²) in [6, 6.07) is 5.89. The van der Waals surface area contributed by atoms with Crippen LogP contribution < -0.4 is 10.1 Å². The molecule has 0 spiro atoms. The first-order valence-electron chi connectivity index (χ1n) is 7.73. The molecule has 124 valence electrons. The van der Waals surface area contributed by atoms with Crippen molar-refractivity contribution < 1.29 is 18.3 Å². The van der Waals surface area contributed by atoms with Gasteiger partial charge in [-0.1, -0.05) is 6.07 Å². The zero-order valence-corrected chi connectivity index (χ0v) is 13.7. The van der Waals surface area contributed by atoms with Crippen molar-refractivity contribution in [1.82, 2.24) is 0 Å². The van der Waals surface area contributed by atoms with E-state index in [0.29, 0.717) is 17.7 Å². The average molecular weight is 329 g/mol. The zero-order valence-electron chi connectivity index (χ0n) is 13.7. The maximum atomic E-state index is 14.1. The zero-order chi connectivity index (χ0) is 17.1. The largest absolute Gasteiger partial charge is 0.493 e. The van der Waals surface area contributed by atoms with Crippen LogP contribution in [0.2, 0.25) is 0 Å². The molecule has 0 aliphatic carbocycles. The van der Waals surface area contributed by atoms with Crippen molar-refractivity contribution in [3.05, 3.63) is 53.1 Å². The number of ether oxygens (including phenoxy) is 2. The summed E-state index contributed by atoms with van der Waals surface area (Å²) in [5.74, 6) is -0.510. The van der Waals surface area contributed by atoms with Gasteiger partial charge in [-0.15, -0.1) is 0 Å². The minimum Gasteiger partial charge on any atom is -0.493 e. The molecule has 1 N–H and O–H groups in total. The fourth-order valence-corrected chi connectivity index (χ4v) is 3.45. The van der Waals surface area contributed by atoms with Gasteiger partial charge in [0.2, 0.25) is 0 Å². The van der Waals surface area contributed by atoms with E-state index in [1.54, 1.807) is 0 Å². The Labute approximate surface area is 138 Å². The second-order valence-corrected chi connectivity index (χ2v) is 6.63. The van der Waals surface area contributed by atoms with E-state index in [2.05, 4.69) is 19.2 Å². The van der Waals surface area contributed by atoms with Crippen LogP contribution in [0.3, 0.4) is 0 Å². The molecule has 0 saturated heterocycles. The van der Waals surface area contributed by atoms with E-state index in [-0.39, 0.29) is 11.3 Å². The molecule has 2 aliphatic heterocycles. The normalized spacial score (nSPS) is 16.8. The third-order valence-electron chi connectivity index (χ3n) is 4.38. The van der Waals surface area contributed by atoms with Gasteiger partial charge in [0.15, 0.2) is 11.6 Å². The molecule has 0 aromatic heterocycles. The topological polar surface area (TPSA) is 30.5 Å². The lowest BCUT2D eigenvalue weighted by Gasteiger charge is -2.30. The third-order valence-corrected chi connectivity index (χ3v) is 4.38.